The molecule has 7 nitrogen and oxygen atoms in total. The zero-order chi connectivity index (χ0) is 22.0. The van der Waals surface area contributed by atoms with Gasteiger partial charge in [-0.25, -0.2) is 8.42 Å². The number of hydrogen-bond acceptors (Lipinski definition) is 5. The van der Waals surface area contributed by atoms with E-state index in [-0.39, 0.29) is 10.7 Å². The fourth-order valence-corrected chi connectivity index (χ4v) is 4.45. The Bertz CT molecular complexity index is 1330. The number of rotatable bonds is 6. The van der Waals surface area contributed by atoms with Crippen LogP contribution in [0, 0.1) is 6.92 Å². The fraction of sp³-hybridized carbons (Fsp3) is 0.0870. The Morgan fingerprint density at radius 2 is 1.65 bits per heavy atom. The van der Waals surface area contributed by atoms with Gasteiger partial charge in [0, 0.05) is 16.8 Å². The van der Waals surface area contributed by atoms with E-state index >= 15 is 0 Å². The van der Waals surface area contributed by atoms with Gasteiger partial charge in [-0.15, -0.1) is 0 Å². The van der Waals surface area contributed by atoms with Crippen LogP contribution in [0.2, 0.25) is 0 Å². The van der Waals surface area contributed by atoms with E-state index in [0.29, 0.717) is 28.3 Å². The first-order chi connectivity index (χ1) is 14.9. The van der Waals surface area contributed by atoms with Crippen LogP contribution in [0.1, 0.15) is 16.1 Å². The molecule has 0 bridgehead atoms. The van der Waals surface area contributed by atoms with Gasteiger partial charge >= 0.3 is 0 Å². The van der Waals surface area contributed by atoms with E-state index in [2.05, 4.69) is 10.0 Å². The lowest BCUT2D eigenvalue weighted by molar-refractivity contribution is 0.0998. The topological polar surface area (TPSA) is 97.6 Å². The van der Waals surface area contributed by atoms with E-state index in [1.807, 2.05) is 18.2 Å². The van der Waals surface area contributed by atoms with Gasteiger partial charge in [0.15, 0.2) is 5.76 Å². The zero-order valence-electron chi connectivity index (χ0n) is 16.9. The summed E-state index contributed by atoms with van der Waals surface area (Å²) in [5.41, 5.74) is 1.88. The summed E-state index contributed by atoms with van der Waals surface area (Å²) in [6.07, 6.45) is 0. The monoisotopic (exact) mass is 436 g/mol. The highest BCUT2D eigenvalue weighted by molar-refractivity contribution is 7.92. The van der Waals surface area contributed by atoms with Crippen LogP contribution >= 0.6 is 0 Å². The van der Waals surface area contributed by atoms with Gasteiger partial charge in [-0.05, 0) is 61.0 Å². The molecule has 0 fully saturated rings. The molecule has 0 aliphatic rings. The summed E-state index contributed by atoms with van der Waals surface area (Å²) in [6.45, 7) is 1.69. The van der Waals surface area contributed by atoms with Crippen LogP contribution in [0.5, 0.6) is 5.75 Å². The van der Waals surface area contributed by atoms with Crippen molar-refractivity contribution in [2.75, 3.05) is 17.1 Å². The molecule has 2 N–H and O–H groups in total. The molecule has 1 aromatic heterocycles. The van der Waals surface area contributed by atoms with Crippen molar-refractivity contribution in [1.29, 1.82) is 0 Å². The van der Waals surface area contributed by atoms with Gasteiger partial charge in [-0.2, -0.15) is 0 Å². The summed E-state index contributed by atoms with van der Waals surface area (Å²) < 4.78 is 39.1. The molecule has 4 rings (SSSR count). The van der Waals surface area contributed by atoms with E-state index in [4.69, 9.17) is 9.15 Å². The number of sulfonamides is 1. The molecule has 1 amide bonds. The number of fused-ring (bicyclic) bond motifs is 1. The standard InChI is InChI=1S/C23H20N2O5S/c1-15-7-8-18(24-23(26)21-13-16-5-3-4-6-20(16)30-21)14-22(15)31(27,28)25-17-9-11-19(29-2)12-10-17/h3-14,25H,1-2H3,(H,24,26). The van der Waals surface area contributed by atoms with Crippen LogP contribution < -0.4 is 14.8 Å². The number of ether oxygens (including phenoxy) is 1. The van der Waals surface area contributed by atoms with Gasteiger partial charge in [-0.1, -0.05) is 24.3 Å². The number of carbonyl (C=O) groups excluding carboxylic acids is 1. The van der Waals surface area contributed by atoms with Crippen LogP contribution in [0.4, 0.5) is 11.4 Å². The molecule has 0 saturated heterocycles. The molecule has 0 aliphatic heterocycles. The van der Waals surface area contributed by atoms with Crippen molar-refractivity contribution < 1.29 is 22.4 Å². The molecule has 4 aromatic rings. The maximum Gasteiger partial charge on any atom is 0.291 e. The molecule has 0 aliphatic carbocycles. The minimum atomic E-state index is -3.87. The van der Waals surface area contributed by atoms with Crippen LogP contribution in [-0.2, 0) is 10.0 Å². The molecule has 31 heavy (non-hydrogen) atoms. The SMILES string of the molecule is COc1ccc(NS(=O)(=O)c2cc(NC(=O)c3cc4ccccc4o3)ccc2C)cc1. The van der Waals surface area contributed by atoms with Crippen molar-refractivity contribution in [3.8, 4) is 5.75 Å². The van der Waals surface area contributed by atoms with Crippen molar-refractivity contribution in [2.24, 2.45) is 0 Å². The average molecular weight is 436 g/mol. The van der Waals surface area contributed by atoms with Crippen molar-refractivity contribution in [1.82, 2.24) is 0 Å². The number of furan rings is 1. The first-order valence-electron chi connectivity index (χ1n) is 9.43. The third kappa shape index (κ3) is 4.39. The molecular weight excluding hydrogens is 416 g/mol. The second-order valence-corrected chi connectivity index (χ2v) is 8.57. The van der Waals surface area contributed by atoms with Crippen molar-refractivity contribution in [2.45, 2.75) is 11.8 Å². The van der Waals surface area contributed by atoms with E-state index < -0.39 is 15.9 Å². The zero-order valence-corrected chi connectivity index (χ0v) is 17.7. The summed E-state index contributed by atoms with van der Waals surface area (Å²) in [5, 5.41) is 3.51. The largest absolute Gasteiger partial charge is 0.497 e. The Hall–Kier alpha value is -3.78. The Kier molecular flexibility index (Phi) is 5.39. The van der Waals surface area contributed by atoms with Crippen LogP contribution in [0.3, 0.4) is 0 Å². The maximum atomic E-state index is 12.9. The first kappa shape index (κ1) is 20.5. The van der Waals surface area contributed by atoms with Gasteiger partial charge in [-0.3, -0.25) is 9.52 Å². The third-order valence-electron chi connectivity index (χ3n) is 4.73. The van der Waals surface area contributed by atoms with E-state index in [1.54, 1.807) is 55.5 Å². The van der Waals surface area contributed by atoms with Crippen molar-refractivity contribution in [3.05, 3.63) is 84.1 Å². The smallest absolute Gasteiger partial charge is 0.291 e. The minimum Gasteiger partial charge on any atom is -0.497 e. The molecule has 0 unspecified atom stereocenters. The Labute approximate surface area is 179 Å². The molecule has 0 atom stereocenters. The second-order valence-electron chi connectivity index (χ2n) is 6.92. The van der Waals surface area contributed by atoms with E-state index in [9.17, 15) is 13.2 Å². The summed E-state index contributed by atoms with van der Waals surface area (Å²) in [7, 11) is -2.34. The quantitative estimate of drug-likeness (QED) is 0.452. The molecular formula is C23H20N2O5S. The summed E-state index contributed by atoms with van der Waals surface area (Å²) in [6, 6.07) is 20.2. The van der Waals surface area contributed by atoms with Crippen LogP contribution in [-0.4, -0.2) is 21.4 Å². The number of carbonyl (C=O) groups is 1. The molecule has 3 aromatic carbocycles. The average Bonchev–Trinajstić information content (AvgIpc) is 3.20. The number of aryl methyl sites for hydroxylation is 1. The predicted octanol–water partition coefficient (Wildman–Crippen LogP) is 4.80. The Morgan fingerprint density at radius 3 is 2.35 bits per heavy atom. The number of methoxy groups -OCH3 is 1. The number of anilines is 2. The predicted molar refractivity (Wildman–Crippen MR) is 119 cm³/mol. The summed E-state index contributed by atoms with van der Waals surface area (Å²) in [5.74, 6) is 0.295. The number of hydrogen-bond donors (Lipinski definition) is 2. The van der Waals surface area contributed by atoms with Crippen LogP contribution in [0.15, 0.2) is 82.1 Å². The molecule has 158 valence electrons. The van der Waals surface area contributed by atoms with Gasteiger partial charge in [0.25, 0.3) is 15.9 Å². The van der Waals surface area contributed by atoms with Crippen molar-refractivity contribution >= 4 is 38.3 Å². The number of benzene rings is 3. The first-order valence-corrected chi connectivity index (χ1v) is 10.9. The van der Waals surface area contributed by atoms with Crippen molar-refractivity contribution in [3.63, 3.8) is 0 Å². The highest BCUT2D eigenvalue weighted by Crippen LogP contribution is 2.25. The highest BCUT2D eigenvalue weighted by Gasteiger charge is 2.19. The normalized spacial score (nSPS) is 11.3. The molecule has 1 heterocycles. The molecule has 0 radical (unpaired) electrons. The Balaban J connectivity index is 1.57. The number of nitrogens with one attached hydrogen (secondary N) is 2. The third-order valence-corrected chi connectivity index (χ3v) is 6.25. The summed E-state index contributed by atoms with van der Waals surface area (Å²) >= 11 is 0. The highest BCUT2D eigenvalue weighted by atomic mass is 32.2. The molecule has 0 saturated carbocycles. The summed E-state index contributed by atoms with van der Waals surface area (Å²) in [4.78, 5) is 12.7. The maximum absolute atomic E-state index is 12.9. The van der Waals surface area contributed by atoms with E-state index in [1.165, 1.54) is 13.2 Å². The van der Waals surface area contributed by atoms with Gasteiger partial charge in [0.1, 0.15) is 11.3 Å². The van der Waals surface area contributed by atoms with Crippen LogP contribution in [0.25, 0.3) is 11.0 Å². The van der Waals surface area contributed by atoms with Gasteiger partial charge in [0.2, 0.25) is 0 Å². The second kappa shape index (κ2) is 8.16. The lowest BCUT2D eigenvalue weighted by Gasteiger charge is -2.13. The Morgan fingerprint density at radius 1 is 0.935 bits per heavy atom. The number of amides is 1. The van der Waals surface area contributed by atoms with Gasteiger partial charge < -0.3 is 14.5 Å². The van der Waals surface area contributed by atoms with E-state index in [0.717, 1.165) is 5.39 Å². The van der Waals surface area contributed by atoms with Gasteiger partial charge in [0.05, 0.1) is 12.0 Å². The number of para-hydroxylation sites is 1. The molecule has 8 heteroatoms. The lowest BCUT2D eigenvalue weighted by Crippen LogP contribution is -2.16. The molecule has 0 spiro atoms. The minimum absolute atomic E-state index is 0.0609. The lowest BCUT2D eigenvalue weighted by atomic mass is 10.2. The fourth-order valence-electron chi connectivity index (χ4n) is 3.12.